The lowest BCUT2D eigenvalue weighted by Crippen LogP contribution is -2.25. The van der Waals surface area contributed by atoms with Gasteiger partial charge < -0.3 is 9.88 Å². The van der Waals surface area contributed by atoms with Gasteiger partial charge in [0.1, 0.15) is 5.82 Å². The van der Waals surface area contributed by atoms with Crippen LogP contribution in [0.2, 0.25) is 0 Å². The van der Waals surface area contributed by atoms with E-state index in [1.54, 1.807) is 11.6 Å². The Morgan fingerprint density at radius 2 is 1.96 bits per heavy atom. The van der Waals surface area contributed by atoms with E-state index in [9.17, 15) is 9.59 Å². The molecule has 0 saturated carbocycles. The number of nitrogens with one attached hydrogen (secondary N) is 2. The molecule has 0 aliphatic rings. The molecule has 138 valence electrons. The number of rotatable bonds is 6. The first-order valence-corrected chi connectivity index (χ1v) is 8.45. The second-order valence-electron chi connectivity index (χ2n) is 6.08. The maximum atomic E-state index is 12.1. The van der Waals surface area contributed by atoms with E-state index < -0.39 is 5.91 Å². The molecule has 2 aromatic carbocycles. The van der Waals surface area contributed by atoms with E-state index in [0.29, 0.717) is 13.0 Å². The first-order valence-electron chi connectivity index (χ1n) is 8.45. The van der Waals surface area contributed by atoms with Crippen LogP contribution >= 0.6 is 0 Å². The number of fused-ring (bicyclic) bond motifs is 1. The highest BCUT2D eigenvalue weighted by Crippen LogP contribution is 2.17. The average Bonchev–Trinajstić information content (AvgIpc) is 3.00. The van der Waals surface area contributed by atoms with Crippen molar-refractivity contribution in [2.75, 3.05) is 0 Å². The third kappa shape index (κ3) is 4.59. The highest BCUT2D eigenvalue weighted by Gasteiger charge is 2.10. The third-order valence-corrected chi connectivity index (χ3v) is 4.19. The van der Waals surface area contributed by atoms with Crippen LogP contribution in [0.25, 0.3) is 17.1 Å². The monoisotopic (exact) mass is 364 g/mol. The Hall–Kier alpha value is -3.45. The van der Waals surface area contributed by atoms with Crippen molar-refractivity contribution in [3.8, 4) is 0 Å². The fourth-order valence-corrected chi connectivity index (χ4v) is 2.76. The summed E-state index contributed by atoms with van der Waals surface area (Å²) in [6.45, 7) is 0.328. The van der Waals surface area contributed by atoms with Crippen LogP contribution in [0.15, 0.2) is 54.6 Å². The van der Waals surface area contributed by atoms with E-state index in [1.807, 2.05) is 60.1 Å². The molecule has 0 fully saturated rings. The minimum absolute atomic E-state index is 0.0631. The summed E-state index contributed by atoms with van der Waals surface area (Å²) in [6.07, 6.45) is 3.14. The van der Waals surface area contributed by atoms with Crippen LogP contribution in [0.5, 0.6) is 0 Å². The molecule has 3 aromatic rings. The SMILES string of the molecule is Cn1c(CNC(=O)Cc2ccccc2)nc2cc(C=CC(=O)NO)ccc21. The summed E-state index contributed by atoms with van der Waals surface area (Å²) >= 11 is 0. The van der Waals surface area contributed by atoms with Crippen LogP contribution in [0.4, 0.5) is 0 Å². The Labute approximate surface area is 156 Å². The molecule has 27 heavy (non-hydrogen) atoms. The number of nitrogens with zero attached hydrogens (tertiary/aromatic N) is 2. The van der Waals surface area contributed by atoms with E-state index in [0.717, 1.165) is 28.0 Å². The Morgan fingerprint density at radius 3 is 2.70 bits per heavy atom. The molecular weight excluding hydrogens is 344 g/mol. The van der Waals surface area contributed by atoms with E-state index in [-0.39, 0.29) is 5.91 Å². The van der Waals surface area contributed by atoms with Crippen molar-refractivity contribution in [1.29, 1.82) is 0 Å². The number of carbonyl (C=O) groups is 2. The molecule has 0 unspecified atom stereocenters. The van der Waals surface area contributed by atoms with Gasteiger partial charge in [-0.2, -0.15) is 0 Å². The Kier molecular flexibility index (Phi) is 5.63. The van der Waals surface area contributed by atoms with Crippen molar-refractivity contribution in [2.45, 2.75) is 13.0 Å². The quantitative estimate of drug-likeness (QED) is 0.354. The molecule has 0 spiro atoms. The zero-order valence-corrected chi connectivity index (χ0v) is 14.8. The fourth-order valence-electron chi connectivity index (χ4n) is 2.76. The first-order chi connectivity index (χ1) is 13.1. The largest absolute Gasteiger partial charge is 0.349 e. The number of carbonyl (C=O) groups excluding carboxylic acids is 2. The predicted molar refractivity (Wildman–Crippen MR) is 102 cm³/mol. The summed E-state index contributed by atoms with van der Waals surface area (Å²) in [5.74, 6) is 0.0745. The number of hydroxylamine groups is 1. The minimum atomic E-state index is -0.599. The molecule has 3 N–H and O–H groups in total. The van der Waals surface area contributed by atoms with Gasteiger partial charge in [0.05, 0.1) is 24.0 Å². The lowest BCUT2D eigenvalue weighted by molar-refractivity contribution is -0.124. The average molecular weight is 364 g/mol. The van der Waals surface area contributed by atoms with Crippen LogP contribution in [-0.4, -0.2) is 26.6 Å². The van der Waals surface area contributed by atoms with Crippen molar-refractivity contribution in [2.24, 2.45) is 7.05 Å². The van der Waals surface area contributed by atoms with Gasteiger partial charge in [0.2, 0.25) is 5.91 Å². The minimum Gasteiger partial charge on any atom is -0.349 e. The normalized spacial score (nSPS) is 11.0. The second kappa shape index (κ2) is 8.29. The Balaban J connectivity index is 1.69. The van der Waals surface area contributed by atoms with Gasteiger partial charge >= 0.3 is 0 Å². The highest BCUT2D eigenvalue weighted by molar-refractivity contribution is 5.91. The van der Waals surface area contributed by atoms with Gasteiger partial charge in [-0.3, -0.25) is 14.8 Å². The molecule has 1 aromatic heterocycles. The van der Waals surface area contributed by atoms with Gasteiger partial charge in [0, 0.05) is 13.1 Å². The first kappa shape index (κ1) is 18.3. The standard InChI is InChI=1S/C20H20N4O3/c1-24-17-9-7-15(8-10-19(25)23-27)11-16(17)22-18(24)13-21-20(26)12-14-5-3-2-4-6-14/h2-11,27H,12-13H2,1H3,(H,21,26)(H,23,25). The summed E-state index contributed by atoms with van der Waals surface area (Å²) in [7, 11) is 1.89. The number of amides is 2. The van der Waals surface area contributed by atoms with Gasteiger partial charge in [-0.05, 0) is 29.3 Å². The van der Waals surface area contributed by atoms with Gasteiger partial charge in [-0.25, -0.2) is 10.5 Å². The van der Waals surface area contributed by atoms with E-state index in [2.05, 4.69) is 10.3 Å². The van der Waals surface area contributed by atoms with Gasteiger partial charge in [0.25, 0.3) is 5.91 Å². The van der Waals surface area contributed by atoms with Crippen molar-refractivity contribution < 1.29 is 14.8 Å². The molecule has 0 aliphatic heterocycles. The predicted octanol–water partition coefficient (Wildman–Crippen LogP) is 1.95. The lowest BCUT2D eigenvalue weighted by Gasteiger charge is -2.06. The number of imidazole rings is 1. The van der Waals surface area contributed by atoms with Gasteiger partial charge in [-0.15, -0.1) is 0 Å². The second-order valence-corrected chi connectivity index (χ2v) is 6.08. The number of aromatic nitrogens is 2. The molecule has 0 saturated heterocycles. The number of hydrogen-bond donors (Lipinski definition) is 3. The molecule has 7 nitrogen and oxygen atoms in total. The molecular formula is C20H20N4O3. The zero-order valence-electron chi connectivity index (χ0n) is 14.8. The topological polar surface area (TPSA) is 96.2 Å². The summed E-state index contributed by atoms with van der Waals surface area (Å²) in [5.41, 5.74) is 4.97. The van der Waals surface area contributed by atoms with Crippen molar-refractivity contribution >= 4 is 28.9 Å². The summed E-state index contributed by atoms with van der Waals surface area (Å²) < 4.78 is 1.92. The van der Waals surface area contributed by atoms with Crippen molar-refractivity contribution in [1.82, 2.24) is 20.3 Å². The molecule has 3 rings (SSSR count). The van der Waals surface area contributed by atoms with E-state index >= 15 is 0 Å². The van der Waals surface area contributed by atoms with Gasteiger partial charge in [-0.1, -0.05) is 36.4 Å². The number of hydrogen-bond acceptors (Lipinski definition) is 4. The highest BCUT2D eigenvalue weighted by atomic mass is 16.5. The van der Waals surface area contributed by atoms with Gasteiger partial charge in [0.15, 0.2) is 0 Å². The lowest BCUT2D eigenvalue weighted by atomic mass is 10.1. The maximum Gasteiger partial charge on any atom is 0.267 e. The van der Waals surface area contributed by atoms with Crippen LogP contribution in [0, 0.1) is 0 Å². The molecule has 0 atom stereocenters. The van der Waals surface area contributed by atoms with Crippen LogP contribution in [-0.2, 0) is 29.6 Å². The van der Waals surface area contributed by atoms with E-state index in [1.165, 1.54) is 6.08 Å². The molecule has 0 bridgehead atoms. The number of benzene rings is 2. The van der Waals surface area contributed by atoms with E-state index in [4.69, 9.17) is 5.21 Å². The summed E-state index contributed by atoms with van der Waals surface area (Å²) in [5, 5.41) is 11.4. The van der Waals surface area contributed by atoms with Crippen LogP contribution < -0.4 is 10.8 Å². The molecule has 7 heteroatoms. The fraction of sp³-hybridized carbons (Fsp3) is 0.150. The third-order valence-electron chi connectivity index (χ3n) is 4.19. The molecule has 2 amide bonds. The van der Waals surface area contributed by atoms with Crippen molar-refractivity contribution in [3.05, 3.63) is 71.6 Å². The number of aryl methyl sites for hydroxylation is 1. The Bertz CT molecular complexity index is 993. The van der Waals surface area contributed by atoms with Crippen molar-refractivity contribution in [3.63, 3.8) is 0 Å². The Morgan fingerprint density at radius 1 is 1.19 bits per heavy atom. The molecule has 0 aliphatic carbocycles. The molecule has 0 radical (unpaired) electrons. The van der Waals surface area contributed by atoms with Crippen LogP contribution in [0.3, 0.4) is 0 Å². The summed E-state index contributed by atoms with van der Waals surface area (Å²) in [6, 6.07) is 15.2. The maximum absolute atomic E-state index is 12.1. The zero-order chi connectivity index (χ0) is 19.2. The van der Waals surface area contributed by atoms with Crippen LogP contribution in [0.1, 0.15) is 17.0 Å². The molecule has 1 heterocycles. The smallest absolute Gasteiger partial charge is 0.267 e. The summed E-state index contributed by atoms with van der Waals surface area (Å²) in [4.78, 5) is 27.8.